The van der Waals surface area contributed by atoms with Crippen molar-refractivity contribution in [3.63, 3.8) is 0 Å². The van der Waals surface area contributed by atoms with Crippen LogP contribution in [0.1, 0.15) is 24.0 Å². The molecule has 1 aromatic rings. The third-order valence-electron chi connectivity index (χ3n) is 2.70. The fraction of sp³-hybridized carbons (Fsp3) is 0.417. The molecule has 0 saturated heterocycles. The Labute approximate surface area is 92.9 Å². The molecular weight excluding hydrogens is 210 g/mol. The molecule has 1 aromatic carbocycles. The summed E-state index contributed by atoms with van der Waals surface area (Å²) in [5, 5.41) is 11.6. The Morgan fingerprint density at radius 3 is 2.44 bits per heavy atom. The quantitative estimate of drug-likeness (QED) is 0.848. The third kappa shape index (κ3) is 2.56. The molecular formula is C12H12F2N2. The topological polar surface area (TPSA) is 35.8 Å². The molecule has 16 heavy (non-hydrogen) atoms. The van der Waals surface area contributed by atoms with Gasteiger partial charge in [-0.05, 0) is 37.4 Å². The number of nitrogens with one attached hydrogen (secondary N) is 1. The highest BCUT2D eigenvalue weighted by Gasteiger charge is 2.20. The maximum atomic E-state index is 13.4. The Morgan fingerprint density at radius 1 is 1.31 bits per heavy atom. The van der Waals surface area contributed by atoms with Crippen molar-refractivity contribution in [3.8, 4) is 6.07 Å². The fourth-order valence-electron chi connectivity index (χ4n) is 1.56. The summed E-state index contributed by atoms with van der Waals surface area (Å²) < 4.78 is 26.8. The van der Waals surface area contributed by atoms with E-state index in [0.29, 0.717) is 5.92 Å². The molecule has 4 heteroatoms. The number of benzene rings is 1. The Balaban J connectivity index is 2.04. The van der Waals surface area contributed by atoms with Crippen LogP contribution in [0.3, 0.4) is 0 Å². The van der Waals surface area contributed by atoms with Crippen molar-refractivity contribution in [2.75, 3.05) is 6.54 Å². The highest BCUT2D eigenvalue weighted by atomic mass is 19.1. The first-order chi connectivity index (χ1) is 7.70. The molecule has 0 spiro atoms. The first-order valence-electron chi connectivity index (χ1n) is 5.29. The van der Waals surface area contributed by atoms with Crippen LogP contribution in [0.2, 0.25) is 0 Å². The van der Waals surface area contributed by atoms with Gasteiger partial charge in [0, 0.05) is 12.1 Å². The van der Waals surface area contributed by atoms with Crippen LogP contribution in [0.15, 0.2) is 12.1 Å². The van der Waals surface area contributed by atoms with Crippen molar-refractivity contribution in [2.24, 2.45) is 5.92 Å². The Hall–Kier alpha value is -1.47. The van der Waals surface area contributed by atoms with Crippen LogP contribution < -0.4 is 5.32 Å². The SMILES string of the molecule is N#Cc1cc(F)c(CNCC2CC2)c(F)c1. The Morgan fingerprint density at radius 2 is 1.94 bits per heavy atom. The van der Waals surface area contributed by atoms with E-state index in [0.717, 1.165) is 18.7 Å². The van der Waals surface area contributed by atoms with Crippen molar-refractivity contribution in [3.05, 3.63) is 34.9 Å². The number of hydrogen-bond acceptors (Lipinski definition) is 2. The van der Waals surface area contributed by atoms with Gasteiger partial charge < -0.3 is 5.32 Å². The highest BCUT2D eigenvalue weighted by Crippen LogP contribution is 2.27. The molecule has 0 radical (unpaired) electrons. The minimum Gasteiger partial charge on any atom is -0.312 e. The lowest BCUT2D eigenvalue weighted by Crippen LogP contribution is -2.18. The van der Waals surface area contributed by atoms with Gasteiger partial charge in [-0.25, -0.2) is 8.78 Å². The van der Waals surface area contributed by atoms with Gasteiger partial charge in [-0.1, -0.05) is 0 Å². The Bertz CT molecular complexity index is 410. The zero-order valence-corrected chi connectivity index (χ0v) is 8.76. The van der Waals surface area contributed by atoms with Gasteiger partial charge >= 0.3 is 0 Å². The summed E-state index contributed by atoms with van der Waals surface area (Å²) in [6.45, 7) is 0.985. The van der Waals surface area contributed by atoms with Crippen LogP contribution in [0.5, 0.6) is 0 Å². The van der Waals surface area contributed by atoms with Crippen molar-refractivity contribution in [1.82, 2.24) is 5.32 Å². The van der Waals surface area contributed by atoms with Crippen molar-refractivity contribution < 1.29 is 8.78 Å². The van der Waals surface area contributed by atoms with Gasteiger partial charge in [-0.15, -0.1) is 0 Å². The summed E-state index contributed by atoms with van der Waals surface area (Å²) in [5.74, 6) is -0.635. The van der Waals surface area contributed by atoms with E-state index in [-0.39, 0.29) is 17.7 Å². The summed E-state index contributed by atoms with van der Waals surface area (Å²) in [4.78, 5) is 0. The van der Waals surface area contributed by atoms with Crippen LogP contribution in [0, 0.1) is 28.9 Å². The molecule has 1 aliphatic carbocycles. The molecule has 2 nitrogen and oxygen atoms in total. The highest BCUT2D eigenvalue weighted by molar-refractivity contribution is 5.34. The molecule has 0 heterocycles. The van der Waals surface area contributed by atoms with Crippen LogP contribution in [0.4, 0.5) is 8.78 Å². The largest absolute Gasteiger partial charge is 0.312 e. The van der Waals surface area contributed by atoms with E-state index in [2.05, 4.69) is 5.32 Å². The van der Waals surface area contributed by atoms with Gasteiger partial charge in [0.1, 0.15) is 11.6 Å². The normalized spacial score (nSPS) is 14.8. The van der Waals surface area contributed by atoms with E-state index in [1.54, 1.807) is 6.07 Å². The maximum Gasteiger partial charge on any atom is 0.131 e. The number of halogens is 2. The average Bonchev–Trinajstić information content (AvgIpc) is 3.05. The molecule has 2 rings (SSSR count). The van der Waals surface area contributed by atoms with Crippen LogP contribution in [-0.2, 0) is 6.54 Å². The predicted molar refractivity (Wildman–Crippen MR) is 55.5 cm³/mol. The molecule has 0 unspecified atom stereocenters. The second-order valence-electron chi connectivity index (χ2n) is 4.10. The molecule has 0 aliphatic heterocycles. The first kappa shape index (κ1) is 11.0. The lowest BCUT2D eigenvalue weighted by Gasteiger charge is -2.06. The molecule has 1 aliphatic rings. The minimum absolute atomic E-state index is 0.0136. The molecule has 0 amide bonds. The number of nitriles is 1. The smallest absolute Gasteiger partial charge is 0.131 e. The van der Waals surface area contributed by atoms with Crippen LogP contribution in [0.25, 0.3) is 0 Å². The van der Waals surface area contributed by atoms with Crippen molar-refractivity contribution in [1.29, 1.82) is 5.26 Å². The second kappa shape index (κ2) is 4.58. The van der Waals surface area contributed by atoms with E-state index in [1.165, 1.54) is 12.8 Å². The summed E-state index contributed by atoms with van der Waals surface area (Å²) >= 11 is 0. The number of hydrogen-bond donors (Lipinski definition) is 1. The molecule has 0 aromatic heterocycles. The standard InChI is InChI=1S/C12H12F2N2/c13-11-3-9(5-15)4-12(14)10(11)7-16-6-8-1-2-8/h3-4,8,16H,1-2,6-7H2. The van der Waals surface area contributed by atoms with E-state index >= 15 is 0 Å². The zero-order chi connectivity index (χ0) is 11.5. The summed E-state index contributed by atoms with van der Waals surface area (Å²) in [7, 11) is 0. The third-order valence-corrected chi connectivity index (χ3v) is 2.70. The summed E-state index contributed by atoms with van der Waals surface area (Å²) in [6, 6.07) is 3.85. The van der Waals surface area contributed by atoms with Gasteiger partial charge in [0.15, 0.2) is 0 Å². The summed E-state index contributed by atoms with van der Waals surface area (Å²) in [5.41, 5.74) is 0.0283. The van der Waals surface area contributed by atoms with Gasteiger partial charge in [0.05, 0.1) is 11.6 Å². The summed E-state index contributed by atoms with van der Waals surface area (Å²) in [6.07, 6.45) is 2.40. The monoisotopic (exact) mass is 222 g/mol. The van der Waals surface area contributed by atoms with E-state index in [9.17, 15) is 8.78 Å². The molecule has 1 N–H and O–H groups in total. The first-order valence-corrected chi connectivity index (χ1v) is 5.29. The van der Waals surface area contributed by atoms with Crippen molar-refractivity contribution in [2.45, 2.75) is 19.4 Å². The zero-order valence-electron chi connectivity index (χ0n) is 8.76. The molecule has 0 atom stereocenters. The number of nitrogens with zero attached hydrogens (tertiary/aromatic N) is 1. The van der Waals surface area contributed by atoms with Gasteiger partial charge in [0.2, 0.25) is 0 Å². The second-order valence-corrected chi connectivity index (χ2v) is 4.10. The van der Waals surface area contributed by atoms with Gasteiger partial charge in [-0.3, -0.25) is 0 Å². The Kier molecular flexibility index (Phi) is 3.16. The minimum atomic E-state index is -0.653. The number of rotatable bonds is 4. The van der Waals surface area contributed by atoms with E-state index in [1.807, 2.05) is 0 Å². The lowest BCUT2D eigenvalue weighted by atomic mass is 10.1. The van der Waals surface area contributed by atoms with Crippen LogP contribution >= 0.6 is 0 Å². The molecule has 1 saturated carbocycles. The lowest BCUT2D eigenvalue weighted by molar-refractivity contribution is 0.529. The average molecular weight is 222 g/mol. The predicted octanol–water partition coefficient (Wildman–Crippen LogP) is 2.34. The van der Waals surface area contributed by atoms with Gasteiger partial charge in [0.25, 0.3) is 0 Å². The van der Waals surface area contributed by atoms with Crippen LogP contribution in [-0.4, -0.2) is 6.54 Å². The molecule has 84 valence electrons. The van der Waals surface area contributed by atoms with E-state index in [4.69, 9.17) is 5.26 Å². The van der Waals surface area contributed by atoms with Crippen molar-refractivity contribution >= 4 is 0 Å². The van der Waals surface area contributed by atoms with Gasteiger partial charge in [-0.2, -0.15) is 5.26 Å². The van der Waals surface area contributed by atoms with E-state index < -0.39 is 11.6 Å². The molecule has 1 fully saturated rings. The maximum absolute atomic E-state index is 13.4. The molecule has 0 bridgehead atoms. The fourth-order valence-corrected chi connectivity index (χ4v) is 1.56.